The molecule has 1 aliphatic rings. The molecular weight excluding hydrogens is 144 g/mol. The van der Waals surface area contributed by atoms with Gasteiger partial charge in [0.2, 0.25) is 5.91 Å². The number of rotatable bonds is 2. The Morgan fingerprint density at radius 2 is 2.45 bits per heavy atom. The summed E-state index contributed by atoms with van der Waals surface area (Å²) in [4.78, 5) is 12.7. The number of nitrogens with zero attached hydrogens (tertiary/aromatic N) is 1. The molecule has 1 heterocycles. The minimum Gasteiger partial charge on any atom is -0.326 e. The number of hydrazine groups is 1. The van der Waals surface area contributed by atoms with Crippen LogP contribution in [0.2, 0.25) is 0 Å². The Hall–Kier alpha value is -0.650. The first-order chi connectivity index (χ1) is 5.22. The smallest absolute Gasteiger partial charge is 0.248 e. The van der Waals surface area contributed by atoms with Crippen molar-refractivity contribution in [1.82, 2.24) is 10.3 Å². The van der Waals surface area contributed by atoms with E-state index in [2.05, 4.69) is 5.43 Å². The molecular formula is C6H14N4O. The van der Waals surface area contributed by atoms with Crippen LogP contribution in [0.25, 0.3) is 0 Å². The first-order valence-corrected chi connectivity index (χ1v) is 3.69. The second-order valence-corrected chi connectivity index (χ2v) is 2.85. The maximum atomic E-state index is 10.8. The van der Waals surface area contributed by atoms with E-state index in [1.165, 1.54) is 0 Å². The normalized spacial score (nSPS) is 25.5. The summed E-state index contributed by atoms with van der Waals surface area (Å²) in [6.07, 6.45) is 0.970. The first kappa shape index (κ1) is 8.45. The molecule has 1 atom stereocenters. The number of nitrogens with one attached hydrogen (secondary N) is 1. The van der Waals surface area contributed by atoms with Crippen molar-refractivity contribution in [3.63, 3.8) is 0 Å². The van der Waals surface area contributed by atoms with Crippen LogP contribution in [0.4, 0.5) is 0 Å². The van der Waals surface area contributed by atoms with Crippen LogP contribution in [0.1, 0.15) is 6.42 Å². The minimum atomic E-state index is -0.154. The number of carbonyl (C=O) groups is 1. The quantitative estimate of drug-likeness (QED) is 0.247. The van der Waals surface area contributed by atoms with Crippen molar-refractivity contribution in [3.8, 4) is 0 Å². The van der Waals surface area contributed by atoms with Crippen LogP contribution >= 0.6 is 0 Å². The van der Waals surface area contributed by atoms with Gasteiger partial charge in [-0.3, -0.25) is 15.1 Å². The van der Waals surface area contributed by atoms with Gasteiger partial charge in [-0.1, -0.05) is 0 Å². The van der Waals surface area contributed by atoms with Crippen LogP contribution < -0.4 is 17.0 Å². The fourth-order valence-electron chi connectivity index (χ4n) is 1.25. The molecule has 0 saturated carbocycles. The third-order valence-corrected chi connectivity index (χ3v) is 1.84. The standard InChI is InChI=1S/C6H14N4O/c7-5-1-2-10(3-5)4-6(11)9-8/h5H,1-4,7-8H2,(H,9,11). The van der Waals surface area contributed by atoms with Gasteiger partial charge in [-0.05, 0) is 6.42 Å². The molecule has 0 radical (unpaired) electrons. The van der Waals surface area contributed by atoms with E-state index < -0.39 is 0 Å². The van der Waals surface area contributed by atoms with Crippen molar-refractivity contribution in [2.24, 2.45) is 11.6 Å². The van der Waals surface area contributed by atoms with Gasteiger partial charge >= 0.3 is 0 Å². The zero-order valence-corrected chi connectivity index (χ0v) is 6.42. The van der Waals surface area contributed by atoms with Crippen LogP contribution in [-0.2, 0) is 4.79 Å². The van der Waals surface area contributed by atoms with Crippen LogP contribution in [0, 0.1) is 0 Å². The fraction of sp³-hybridized carbons (Fsp3) is 0.833. The average Bonchev–Trinajstić information content (AvgIpc) is 2.35. The Balaban J connectivity index is 2.23. The third-order valence-electron chi connectivity index (χ3n) is 1.84. The lowest BCUT2D eigenvalue weighted by Gasteiger charge is -2.12. The fourth-order valence-corrected chi connectivity index (χ4v) is 1.25. The van der Waals surface area contributed by atoms with Gasteiger partial charge in [0, 0.05) is 19.1 Å². The maximum absolute atomic E-state index is 10.8. The molecule has 5 nitrogen and oxygen atoms in total. The summed E-state index contributed by atoms with van der Waals surface area (Å²) in [6, 6.07) is 0.223. The predicted molar refractivity (Wildman–Crippen MR) is 41.4 cm³/mol. The summed E-state index contributed by atoms with van der Waals surface area (Å²) in [5.41, 5.74) is 7.72. The Kier molecular flexibility index (Phi) is 2.81. The average molecular weight is 158 g/mol. The molecule has 0 aliphatic carbocycles. The molecule has 5 N–H and O–H groups in total. The molecule has 0 bridgehead atoms. The van der Waals surface area contributed by atoms with E-state index in [0.29, 0.717) is 6.54 Å². The van der Waals surface area contributed by atoms with Crippen LogP contribution in [0.5, 0.6) is 0 Å². The van der Waals surface area contributed by atoms with E-state index in [0.717, 1.165) is 19.5 Å². The highest BCUT2D eigenvalue weighted by Gasteiger charge is 2.20. The van der Waals surface area contributed by atoms with Gasteiger partial charge < -0.3 is 5.73 Å². The number of hydrogen-bond acceptors (Lipinski definition) is 4. The van der Waals surface area contributed by atoms with Crippen molar-refractivity contribution in [2.45, 2.75) is 12.5 Å². The van der Waals surface area contributed by atoms with E-state index in [1.807, 2.05) is 4.90 Å². The third kappa shape index (κ3) is 2.45. The van der Waals surface area contributed by atoms with E-state index in [9.17, 15) is 4.79 Å². The van der Waals surface area contributed by atoms with Crippen LogP contribution in [-0.4, -0.2) is 36.5 Å². The molecule has 0 aromatic heterocycles. The topological polar surface area (TPSA) is 84.4 Å². The van der Waals surface area contributed by atoms with Crippen LogP contribution in [0.3, 0.4) is 0 Å². The van der Waals surface area contributed by atoms with Crippen molar-refractivity contribution < 1.29 is 4.79 Å². The predicted octanol–water partition coefficient (Wildman–Crippen LogP) is -1.99. The molecule has 0 spiro atoms. The van der Waals surface area contributed by atoms with Gasteiger partial charge in [0.15, 0.2) is 0 Å². The molecule has 1 aliphatic heterocycles. The molecule has 0 aromatic carbocycles. The molecule has 5 heteroatoms. The highest BCUT2D eigenvalue weighted by molar-refractivity contribution is 5.77. The molecule has 1 rings (SSSR count). The maximum Gasteiger partial charge on any atom is 0.248 e. The lowest BCUT2D eigenvalue weighted by Crippen LogP contribution is -2.40. The highest BCUT2D eigenvalue weighted by Crippen LogP contribution is 2.04. The van der Waals surface area contributed by atoms with E-state index in [-0.39, 0.29) is 11.9 Å². The zero-order valence-electron chi connectivity index (χ0n) is 6.42. The van der Waals surface area contributed by atoms with Gasteiger partial charge in [0.25, 0.3) is 0 Å². The summed E-state index contributed by atoms with van der Waals surface area (Å²) in [5, 5.41) is 0. The van der Waals surface area contributed by atoms with Crippen molar-refractivity contribution in [3.05, 3.63) is 0 Å². The summed E-state index contributed by atoms with van der Waals surface area (Å²) in [6.45, 7) is 2.06. The number of nitrogens with two attached hydrogens (primary N) is 2. The van der Waals surface area contributed by atoms with E-state index in [4.69, 9.17) is 11.6 Å². The van der Waals surface area contributed by atoms with E-state index in [1.54, 1.807) is 0 Å². The van der Waals surface area contributed by atoms with Gasteiger partial charge in [-0.15, -0.1) is 0 Å². The lowest BCUT2D eigenvalue weighted by atomic mass is 10.3. The second kappa shape index (κ2) is 3.66. The summed E-state index contributed by atoms with van der Waals surface area (Å²) in [5.74, 6) is 4.77. The van der Waals surface area contributed by atoms with Crippen molar-refractivity contribution in [1.29, 1.82) is 0 Å². The van der Waals surface area contributed by atoms with E-state index >= 15 is 0 Å². The highest BCUT2D eigenvalue weighted by atomic mass is 16.2. The molecule has 1 saturated heterocycles. The van der Waals surface area contributed by atoms with Crippen molar-refractivity contribution >= 4 is 5.91 Å². The van der Waals surface area contributed by atoms with Gasteiger partial charge in [0.05, 0.1) is 6.54 Å². The van der Waals surface area contributed by atoms with Crippen LogP contribution in [0.15, 0.2) is 0 Å². The van der Waals surface area contributed by atoms with Gasteiger partial charge in [-0.2, -0.15) is 0 Å². The Morgan fingerprint density at radius 1 is 1.73 bits per heavy atom. The Morgan fingerprint density at radius 3 is 2.91 bits per heavy atom. The van der Waals surface area contributed by atoms with Crippen molar-refractivity contribution in [2.75, 3.05) is 19.6 Å². The number of amides is 1. The number of carbonyl (C=O) groups excluding carboxylic acids is 1. The zero-order chi connectivity index (χ0) is 8.27. The molecule has 0 aromatic rings. The Bertz CT molecular complexity index is 150. The molecule has 1 fully saturated rings. The molecule has 11 heavy (non-hydrogen) atoms. The largest absolute Gasteiger partial charge is 0.326 e. The summed E-state index contributed by atoms with van der Waals surface area (Å²) >= 11 is 0. The molecule has 1 unspecified atom stereocenters. The summed E-state index contributed by atoms with van der Waals surface area (Å²) < 4.78 is 0. The molecule has 1 amide bonds. The first-order valence-electron chi connectivity index (χ1n) is 3.69. The van der Waals surface area contributed by atoms with Gasteiger partial charge in [-0.25, -0.2) is 5.84 Å². The SMILES string of the molecule is NNC(=O)CN1CCC(N)C1. The Labute approximate surface area is 65.7 Å². The summed E-state index contributed by atoms with van der Waals surface area (Å²) in [7, 11) is 0. The van der Waals surface area contributed by atoms with Gasteiger partial charge in [0.1, 0.15) is 0 Å². The number of likely N-dealkylation sites (tertiary alicyclic amines) is 1. The second-order valence-electron chi connectivity index (χ2n) is 2.85. The minimum absolute atomic E-state index is 0.154. The molecule has 64 valence electrons. The monoisotopic (exact) mass is 158 g/mol. The number of hydrogen-bond donors (Lipinski definition) is 3. The lowest BCUT2D eigenvalue weighted by molar-refractivity contribution is -0.122.